The van der Waals surface area contributed by atoms with Gasteiger partial charge in [0.25, 0.3) is 0 Å². The van der Waals surface area contributed by atoms with Gasteiger partial charge in [0.05, 0.1) is 13.5 Å². The smallest absolute Gasteiger partial charge is 0.246 e. The number of halogens is 1. The molecule has 6 nitrogen and oxygen atoms in total. The van der Waals surface area contributed by atoms with E-state index in [2.05, 4.69) is 5.32 Å². The molecule has 0 unspecified atom stereocenters. The second kappa shape index (κ2) is 8.94. The second-order valence-corrected chi connectivity index (χ2v) is 8.96. The van der Waals surface area contributed by atoms with Gasteiger partial charge in [0.2, 0.25) is 15.9 Å². The van der Waals surface area contributed by atoms with Crippen LogP contribution in [0.25, 0.3) is 0 Å². The molecule has 3 rings (SSSR count). The maximum absolute atomic E-state index is 13.1. The van der Waals surface area contributed by atoms with E-state index in [4.69, 9.17) is 16.3 Å². The third-order valence-electron chi connectivity index (χ3n) is 4.69. The van der Waals surface area contributed by atoms with Gasteiger partial charge < -0.3 is 10.1 Å². The van der Waals surface area contributed by atoms with Gasteiger partial charge in [-0.1, -0.05) is 36.2 Å². The monoisotopic (exact) mass is 422 g/mol. The summed E-state index contributed by atoms with van der Waals surface area (Å²) in [5.41, 5.74) is 1.10. The first kappa shape index (κ1) is 20.6. The van der Waals surface area contributed by atoms with Crippen molar-refractivity contribution in [3.05, 3.63) is 53.1 Å². The van der Waals surface area contributed by atoms with E-state index in [0.29, 0.717) is 29.4 Å². The zero-order chi connectivity index (χ0) is 20.1. The summed E-state index contributed by atoms with van der Waals surface area (Å²) in [5.74, 6) is -0.0192. The van der Waals surface area contributed by atoms with Gasteiger partial charge in [0, 0.05) is 23.8 Å². The number of rotatable bonds is 6. The van der Waals surface area contributed by atoms with Crippen LogP contribution in [0.3, 0.4) is 0 Å². The van der Waals surface area contributed by atoms with Crippen molar-refractivity contribution in [2.24, 2.45) is 0 Å². The number of hydrogen-bond donors (Lipinski definition) is 1. The van der Waals surface area contributed by atoms with Crippen LogP contribution in [0.15, 0.2) is 47.4 Å². The minimum atomic E-state index is -3.69. The first-order valence-corrected chi connectivity index (χ1v) is 10.9. The van der Waals surface area contributed by atoms with Gasteiger partial charge in [-0.15, -0.1) is 0 Å². The Kier molecular flexibility index (Phi) is 6.59. The number of nitrogens with one attached hydrogen (secondary N) is 1. The molecule has 0 spiro atoms. The zero-order valence-electron chi connectivity index (χ0n) is 15.7. The number of sulfonamides is 1. The summed E-state index contributed by atoms with van der Waals surface area (Å²) in [4.78, 5) is 12.5. The highest BCUT2D eigenvalue weighted by Crippen LogP contribution is 2.31. The third-order valence-corrected chi connectivity index (χ3v) is 6.98. The Bertz CT molecular complexity index is 956. The lowest BCUT2D eigenvalue weighted by atomic mass is 10.1. The number of methoxy groups -OCH3 is 1. The van der Waals surface area contributed by atoms with E-state index in [1.807, 2.05) is 6.07 Å². The molecule has 1 saturated heterocycles. The number of benzene rings is 2. The van der Waals surface area contributed by atoms with Crippen molar-refractivity contribution in [2.75, 3.05) is 25.5 Å². The quantitative estimate of drug-likeness (QED) is 0.770. The molecule has 1 amide bonds. The maximum atomic E-state index is 13.1. The number of piperidine rings is 1. The molecule has 2 aromatic carbocycles. The summed E-state index contributed by atoms with van der Waals surface area (Å²) in [6.45, 7) is 0.989. The molecule has 0 aliphatic carbocycles. The molecule has 1 heterocycles. The fraction of sp³-hybridized carbons (Fsp3) is 0.350. The van der Waals surface area contributed by atoms with Gasteiger partial charge in [-0.05, 0) is 42.7 Å². The van der Waals surface area contributed by atoms with Crippen LogP contribution in [0.2, 0.25) is 5.02 Å². The van der Waals surface area contributed by atoms with Crippen LogP contribution < -0.4 is 10.1 Å². The van der Waals surface area contributed by atoms with E-state index in [1.165, 1.54) is 17.5 Å². The SMILES string of the molecule is COc1ccc(NC(=O)Cc2ccccc2Cl)cc1S(=O)(=O)N1CCCCC1. The van der Waals surface area contributed by atoms with Crippen LogP contribution >= 0.6 is 11.6 Å². The Labute approximate surface area is 170 Å². The molecule has 1 fully saturated rings. The van der Waals surface area contributed by atoms with Crippen molar-refractivity contribution in [2.45, 2.75) is 30.6 Å². The van der Waals surface area contributed by atoms with Crippen LogP contribution in [0, 0.1) is 0 Å². The zero-order valence-corrected chi connectivity index (χ0v) is 17.2. The summed E-state index contributed by atoms with van der Waals surface area (Å²) in [6.07, 6.45) is 2.81. The minimum absolute atomic E-state index is 0.0624. The Hall–Kier alpha value is -2.09. The molecule has 1 aliphatic rings. The topological polar surface area (TPSA) is 75.7 Å². The lowest BCUT2D eigenvalue weighted by Crippen LogP contribution is -2.35. The average molecular weight is 423 g/mol. The van der Waals surface area contributed by atoms with E-state index in [-0.39, 0.29) is 23.0 Å². The second-order valence-electron chi connectivity index (χ2n) is 6.65. The molecule has 0 atom stereocenters. The Balaban J connectivity index is 1.82. The van der Waals surface area contributed by atoms with Gasteiger partial charge in [0.1, 0.15) is 10.6 Å². The highest BCUT2D eigenvalue weighted by Gasteiger charge is 2.29. The summed E-state index contributed by atoms with van der Waals surface area (Å²) in [7, 11) is -2.26. The average Bonchev–Trinajstić information content (AvgIpc) is 2.70. The van der Waals surface area contributed by atoms with Crippen LogP contribution in [0.4, 0.5) is 5.69 Å². The normalized spacial score (nSPS) is 15.2. The van der Waals surface area contributed by atoms with Crippen LogP contribution in [0.1, 0.15) is 24.8 Å². The van der Waals surface area contributed by atoms with Gasteiger partial charge in [-0.3, -0.25) is 4.79 Å². The van der Waals surface area contributed by atoms with Crippen LogP contribution in [0.5, 0.6) is 5.75 Å². The Morgan fingerprint density at radius 2 is 1.86 bits per heavy atom. The summed E-state index contributed by atoms with van der Waals surface area (Å²) >= 11 is 6.10. The first-order valence-electron chi connectivity index (χ1n) is 9.13. The van der Waals surface area contributed by atoms with Crippen molar-refractivity contribution >= 4 is 33.2 Å². The largest absolute Gasteiger partial charge is 0.495 e. The Morgan fingerprint density at radius 3 is 2.54 bits per heavy atom. The molecule has 28 heavy (non-hydrogen) atoms. The molecular weight excluding hydrogens is 400 g/mol. The van der Waals surface area contributed by atoms with Crippen LogP contribution in [-0.2, 0) is 21.2 Å². The van der Waals surface area contributed by atoms with Gasteiger partial charge >= 0.3 is 0 Å². The summed E-state index contributed by atoms with van der Waals surface area (Å²) < 4.78 is 32.8. The van der Waals surface area contributed by atoms with E-state index in [9.17, 15) is 13.2 Å². The molecule has 0 radical (unpaired) electrons. The van der Waals surface area contributed by atoms with E-state index in [0.717, 1.165) is 19.3 Å². The van der Waals surface area contributed by atoms with Crippen molar-refractivity contribution in [3.63, 3.8) is 0 Å². The lowest BCUT2D eigenvalue weighted by molar-refractivity contribution is -0.115. The molecule has 0 saturated carbocycles. The number of carbonyl (C=O) groups excluding carboxylic acids is 1. The number of nitrogens with zero attached hydrogens (tertiary/aromatic N) is 1. The lowest BCUT2D eigenvalue weighted by Gasteiger charge is -2.26. The molecule has 0 bridgehead atoms. The summed E-state index contributed by atoms with van der Waals surface area (Å²) in [6, 6.07) is 11.7. The molecule has 150 valence electrons. The summed E-state index contributed by atoms with van der Waals surface area (Å²) in [5, 5.41) is 3.26. The van der Waals surface area contributed by atoms with Crippen LogP contribution in [-0.4, -0.2) is 38.8 Å². The van der Waals surface area contributed by atoms with Crippen molar-refractivity contribution in [1.29, 1.82) is 0 Å². The Morgan fingerprint density at radius 1 is 1.14 bits per heavy atom. The standard InChI is InChI=1S/C20H23ClN2O4S/c1-27-18-10-9-16(22-20(24)13-15-7-3-4-8-17(15)21)14-19(18)28(25,26)23-11-5-2-6-12-23/h3-4,7-10,14H,2,5-6,11-13H2,1H3,(H,22,24). The first-order chi connectivity index (χ1) is 13.4. The predicted molar refractivity (Wildman–Crippen MR) is 109 cm³/mol. The molecule has 1 N–H and O–H groups in total. The highest BCUT2D eigenvalue weighted by molar-refractivity contribution is 7.89. The fourth-order valence-electron chi connectivity index (χ4n) is 3.22. The van der Waals surface area contributed by atoms with E-state index < -0.39 is 10.0 Å². The fourth-order valence-corrected chi connectivity index (χ4v) is 5.12. The third kappa shape index (κ3) is 4.66. The molecular formula is C20H23ClN2O4S. The molecule has 8 heteroatoms. The van der Waals surface area contributed by atoms with E-state index in [1.54, 1.807) is 30.3 Å². The molecule has 2 aromatic rings. The number of carbonyl (C=O) groups is 1. The highest BCUT2D eigenvalue weighted by atomic mass is 35.5. The number of ether oxygens (including phenoxy) is 1. The minimum Gasteiger partial charge on any atom is -0.495 e. The molecule has 0 aromatic heterocycles. The maximum Gasteiger partial charge on any atom is 0.246 e. The predicted octanol–water partition coefficient (Wildman–Crippen LogP) is 3.70. The molecule has 1 aliphatic heterocycles. The number of anilines is 1. The van der Waals surface area contributed by atoms with Crippen molar-refractivity contribution < 1.29 is 17.9 Å². The van der Waals surface area contributed by atoms with Gasteiger partial charge in [-0.25, -0.2) is 8.42 Å². The van der Waals surface area contributed by atoms with Gasteiger partial charge in [0.15, 0.2) is 0 Å². The van der Waals surface area contributed by atoms with Gasteiger partial charge in [-0.2, -0.15) is 4.31 Å². The number of amides is 1. The van der Waals surface area contributed by atoms with Crippen molar-refractivity contribution in [1.82, 2.24) is 4.31 Å². The van der Waals surface area contributed by atoms with Crippen molar-refractivity contribution in [3.8, 4) is 5.75 Å². The van der Waals surface area contributed by atoms with E-state index >= 15 is 0 Å². The number of hydrogen-bond acceptors (Lipinski definition) is 4.